The van der Waals surface area contributed by atoms with Gasteiger partial charge in [-0.2, -0.15) is 0 Å². The lowest BCUT2D eigenvalue weighted by Gasteiger charge is -2.36. The fraction of sp³-hybridized carbons (Fsp3) is 0.625. The normalized spacial score (nSPS) is 17.9. The number of rotatable bonds is 5. The Bertz CT molecular complexity index is 496. The maximum Gasteiger partial charge on any atom is 0.272 e. The van der Waals surface area contributed by atoms with Crippen molar-refractivity contribution in [2.24, 2.45) is 5.92 Å². The molecule has 1 saturated heterocycles. The minimum atomic E-state index is -0.275. The van der Waals surface area contributed by atoms with E-state index in [1.54, 1.807) is 13.0 Å². The highest BCUT2D eigenvalue weighted by atomic mass is 16.6. The lowest BCUT2D eigenvalue weighted by Crippen LogP contribution is -2.45. The molecule has 1 atom stereocenters. The molecule has 1 aromatic carbocycles. The monoisotopic (exact) mass is 291 g/mol. The first-order chi connectivity index (χ1) is 9.99. The van der Waals surface area contributed by atoms with Gasteiger partial charge in [0.05, 0.1) is 4.92 Å². The molecular formula is C16H25N3O2. The summed E-state index contributed by atoms with van der Waals surface area (Å²) in [5, 5.41) is 14.5. The van der Waals surface area contributed by atoms with Gasteiger partial charge in [0.15, 0.2) is 0 Å². The standard InChI is InChI=1S/C16H25N3O2/c1-12(2)10-16(18-8-6-17-7-9-18)14-5-4-13(3)15(11-14)19(20)21/h4-5,11-12,16-17H,6-10H2,1-3H3/t16-/m0/s1. The van der Waals surface area contributed by atoms with E-state index >= 15 is 0 Å². The van der Waals surface area contributed by atoms with Crippen LogP contribution in [0.5, 0.6) is 0 Å². The zero-order valence-electron chi connectivity index (χ0n) is 13.1. The number of hydrogen-bond donors (Lipinski definition) is 1. The summed E-state index contributed by atoms with van der Waals surface area (Å²) in [6, 6.07) is 5.97. The van der Waals surface area contributed by atoms with Crippen LogP contribution in [0, 0.1) is 23.0 Å². The van der Waals surface area contributed by atoms with Crippen LogP contribution in [0.4, 0.5) is 5.69 Å². The smallest absolute Gasteiger partial charge is 0.272 e. The summed E-state index contributed by atoms with van der Waals surface area (Å²) in [5.74, 6) is 0.560. The van der Waals surface area contributed by atoms with Gasteiger partial charge in [0, 0.05) is 43.9 Å². The first kappa shape index (κ1) is 15.9. The summed E-state index contributed by atoms with van der Waals surface area (Å²) in [6.45, 7) is 10.2. The molecule has 0 saturated carbocycles. The first-order valence-electron chi connectivity index (χ1n) is 7.68. The highest BCUT2D eigenvalue weighted by Gasteiger charge is 2.25. The van der Waals surface area contributed by atoms with E-state index in [1.807, 2.05) is 6.07 Å². The molecule has 5 heteroatoms. The number of piperazine rings is 1. The summed E-state index contributed by atoms with van der Waals surface area (Å²) in [5.41, 5.74) is 2.03. The zero-order valence-corrected chi connectivity index (χ0v) is 13.1. The molecule has 2 rings (SSSR count). The van der Waals surface area contributed by atoms with Gasteiger partial charge in [-0.3, -0.25) is 15.0 Å². The molecule has 1 aliphatic heterocycles. The van der Waals surface area contributed by atoms with Crippen LogP contribution in [0.1, 0.15) is 37.4 Å². The molecule has 0 amide bonds. The van der Waals surface area contributed by atoms with Gasteiger partial charge >= 0.3 is 0 Å². The number of nitro benzene ring substituents is 1. The van der Waals surface area contributed by atoms with Gasteiger partial charge in [0.1, 0.15) is 0 Å². The molecule has 0 unspecified atom stereocenters. The minimum Gasteiger partial charge on any atom is -0.314 e. The van der Waals surface area contributed by atoms with E-state index in [9.17, 15) is 10.1 Å². The first-order valence-corrected chi connectivity index (χ1v) is 7.68. The number of nitro groups is 1. The van der Waals surface area contributed by atoms with E-state index in [1.165, 1.54) is 0 Å². The van der Waals surface area contributed by atoms with Crippen molar-refractivity contribution >= 4 is 5.69 Å². The Morgan fingerprint density at radius 2 is 2.00 bits per heavy atom. The Hall–Kier alpha value is -1.46. The summed E-state index contributed by atoms with van der Waals surface area (Å²) < 4.78 is 0. The average Bonchev–Trinajstić information content (AvgIpc) is 2.46. The van der Waals surface area contributed by atoms with E-state index in [-0.39, 0.29) is 16.7 Å². The molecule has 1 fully saturated rings. The van der Waals surface area contributed by atoms with Gasteiger partial charge in [-0.1, -0.05) is 26.0 Å². The van der Waals surface area contributed by atoms with Crippen LogP contribution in [0.2, 0.25) is 0 Å². The van der Waals surface area contributed by atoms with Crippen molar-refractivity contribution in [3.63, 3.8) is 0 Å². The van der Waals surface area contributed by atoms with E-state index < -0.39 is 0 Å². The predicted octanol–water partition coefficient (Wildman–Crippen LogP) is 2.90. The largest absolute Gasteiger partial charge is 0.314 e. The van der Waals surface area contributed by atoms with Gasteiger partial charge in [0.2, 0.25) is 0 Å². The van der Waals surface area contributed by atoms with E-state index in [4.69, 9.17) is 0 Å². The highest BCUT2D eigenvalue weighted by Crippen LogP contribution is 2.31. The van der Waals surface area contributed by atoms with E-state index in [0.29, 0.717) is 5.92 Å². The molecule has 5 nitrogen and oxygen atoms in total. The Balaban J connectivity index is 2.31. The predicted molar refractivity (Wildman–Crippen MR) is 84.5 cm³/mol. The third-order valence-electron chi connectivity index (χ3n) is 4.10. The molecular weight excluding hydrogens is 266 g/mol. The highest BCUT2D eigenvalue weighted by molar-refractivity contribution is 5.43. The Labute approximate surface area is 126 Å². The molecule has 0 aliphatic carbocycles. The molecule has 21 heavy (non-hydrogen) atoms. The lowest BCUT2D eigenvalue weighted by molar-refractivity contribution is -0.385. The van der Waals surface area contributed by atoms with Crippen molar-refractivity contribution in [2.75, 3.05) is 26.2 Å². The van der Waals surface area contributed by atoms with E-state index in [0.717, 1.165) is 43.7 Å². The second-order valence-corrected chi connectivity index (χ2v) is 6.23. The van der Waals surface area contributed by atoms with Crippen LogP contribution in [0.15, 0.2) is 18.2 Å². The van der Waals surface area contributed by atoms with Crippen molar-refractivity contribution in [3.05, 3.63) is 39.4 Å². The van der Waals surface area contributed by atoms with Crippen LogP contribution in [-0.4, -0.2) is 36.0 Å². The quantitative estimate of drug-likeness (QED) is 0.669. The fourth-order valence-electron chi connectivity index (χ4n) is 2.97. The molecule has 0 radical (unpaired) electrons. The third kappa shape index (κ3) is 4.02. The van der Waals surface area contributed by atoms with Gasteiger partial charge in [-0.25, -0.2) is 0 Å². The van der Waals surface area contributed by atoms with Crippen LogP contribution < -0.4 is 5.32 Å². The van der Waals surface area contributed by atoms with Crippen LogP contribution in [0.3, 0.4) is 0 Å². The van der Waals surface area contributed by atoms with Gasteiger partial charge < -0.3 is 5.32 Å². The van der Waals surface area contributed by atoms with Crippen molar-refractivity contribution in [1.29, 1.82) is 0 Å². The zero-order chi connectivity index (χ0) is 15.4. The minimum absolute atomic E-state index is 0.233. The Kier molecular flexibility index (Phi) is 5.31. The van der Waals surface area contributed by atoms with Crippen LogP contribution >= 0.6 is 0 Å². The van der Waals surface area contributed by atoms with Crippen molar-refractivity contribution in [1.82, 2.24) is 10.2 Å². The van der Waals surface area contributed by atoms with E-state index in [2.05, 4.69) is 30.1 Å². The molecule has 1 aliphatic rings. The Morgan fingerprint density at radius 3 is 2.57 bits per heavy atom. The van der Waals surface area contributed by atoms with Gasteiger partial charge in [-0.05, 0) is 24.8 Å². The molecule has 1 N–H and O–H groups in total. The number of aryl methyl sites for hydroxylation is 1. The fourth-order valence-corrected chi connectivity index (χ4v) is 2.97. The van der Waals surface area contributed by atoms with Crippen molar-refractivity contribution in [3.8, 4) is 0 Å². The second kappa shape index (κ2) is 7.00. The molecule has 1 heterocycles. The van der Waals surface area contributed by atoms with Crippen molar-refractivity contribution in [2.45, 2.75) is 33.2 Å². The summed E-state index contributed by atoms with van der Waals surface area (Å²) in [7, 11) is 0. The maximum absolute atomic E-state index is 11.2. The number of nitrogens with one attached hydrogen (secondary N) is 1. The summed E-state index contributed by atoms with van der Waals surface area (Å²) in [4.78, 5) is 13.4. The topological polar surface area (TPSA) is 58.4 Å². The molecule has 116 valence electrons. The van der Waals surface area contributed by atoms with Crippen molar-refractivity contribution < 1.29 is 4.92 Å². The molecule has 1 aromatic rings. The third-order valence-corrected chi connectivity index (χ3v) is 4.10. The second-order valence-electron chi connectivity index (χ2n) is 6.23. The number of hydrogen-bond acceptors (Lipinski definition) is 4. The number of benzene rings is 1. The SMILES string of the molecule is Cc1ccc([C@H](CC(C)C)N2CCNCC2)cc1[N+](=O)[O-]. The summed E-state index contributed by atoms with van der Waals surface area (Å²) in [6.07, 6.45) is 1.03. The number of nitrogens with zero attached hydrogens (tertiary/aromatic N) is 2. The van der Waals surface area contributed by atoms with Gasteiger partial charge in [-0.15, -0.1) is 0 Å². The Morgan fingerprint density at radius 1 is 1.33 bits per heavy atom. The summed E-state index contributed by atoms with van der Waals surface area (Å²) >= 11 is 0. The van der Waals surface area contributed by atoms with Gasteiger partial charge in [0.25, 0.3) is 5.69 Å². The molecule has 0 aromatic heterocycles. The maximum atomic E-state index is 11.2. The molecule has 0 bridgehead atoms. The van der Waals surface area contributed by atoms with Crippen LogP contribution in [-0.2, 0) is 0 Å². The van der Waals surface area contributed by atoms with Crippen LogP contribution in [0.25, 0.3) is 0 Å². The average molecular weight is 291 g/mol. The molecule has 0 spiro atoms. The lowest BCUT2D eigenvalue weighted by atomic mass is 9.94.